The van der Waals surface area contributed by atoms with E-state index in [1.807, 2.05) is 30.3 Å². The monoisotopic (exact) mass is 359 g/mol. The number of aromatic nitrogens is 1. The number of carboxylic acids is 1. The lowest BCUT2D eigenvalue weighted by molar-refractivity contribution is 0.0693. The third-order valence-corrected chi connectivity index (χ3v) is 4.83. The first-order valence-corrected chi connectivity index (χ1v) is 7.81. The van der Waals surface area contributed by atoms with Gasteiger partial charge in [0.15, 0.2) is 0 Å². The van der Waals surface area contributed by atoms with Gasteiger partial charge in [-0.25, -0.2) is 9.78 Å². The molecule has 0 aliphatic rings. The van der Waals surface area contributed by atoms with Crippen molar-refractivity contribution in [2.24, 2.45) is 0 Å². The fourth-order valence-electron chi connectivity index (χ4n) is 2.06. The van der Waals surface area contributed by atoms with Gasteiger partial charge in [0.2, 0.25) is 0 Å². The van der Waals surface area contributed by atoms with Crippen LogP contribution < -0.4 is 0 Å². The van der Waals surface area contributed by atoms with Gasteiger partial charge in [-0.3, -0.25) is 0 Å². The number of carboxylic acid groups (broad SMARTS) is 1. The number of halogens is 1. The Kier molecular flexibility index (Phi) is 3.94. The maximum absolute atomic E-state index is 11.3. The van der Waals surface area contributed by atoms with Crippen molar-refractivity contribution in [3.63, 3.8) is 0 Å². The SMILES string of the molecule is O=C(O)c1ccccc1Sc1nccc2c(Br)cccc12. The van der Waals surface area contributed by atoms with Crippen molar-refractivity contribution in [1.29, 1.82) is 0 Å². The molecule has 3 nitrogen and oxygen atoms in total. The molecular weight excluding hydrogens is 350 g/mol. The molecule has 3 rings (SSSR count). The van der Waals surface area contributed by atoms with Crippen LogP contribution >= 0.6 is 27.7 Å². The van der Waals surface area contributed by atoms with Gasteiger partial charge in [-0.1, -0.05) is 52.0 Å². The molecule has 0 bridgehead atoms. The van der Waals surface area contributed by atoms with Gasteiger partial charge in [0.05, 0.1) is 5.56 Å². The third-order valence-electron chi connectivity index (χ3n) is 3.04. The molecule has 0 saturated carbocycles. The molecule has 0 aliphatic carbocycles. The number of hydrogen-bond donors (Lipinski definition) is 1. The third kappa shape index (κ3) is 2.80. The summed E-state index contributed by atoms with van der Waals surface area (Å²) in [6, 6.07) is 14.8. The number of benzene rings is 2. The van der Waals surface area contributed by atoms with Crippen molar-refractivity contribution < 1.29 is 9.90 Å². The Morgan fingerprint density at radius 2 is 1.86 bits per heavy atom. The lowest BCUT2D eigenvalue weighted by atomic mass is 10.2. The van der Waals surface area contributed by atoms with Gasteiger partial charge in [-0.15, -0.1) is 0 Å². The van der Waals surface area contributed by atoms with Crippen molar-refractivity contribution in [3.8, 4) is 0 Å². The summed E-state index contributed by atoms with van der Waals surface area (Å²) >= 11 is 4.89. The molecule has 21 heavy (non-hydrogen) atoms. The van der Waals surface area contributed by atoms with Gasteiger partial charge < -0.3 is 5.11 Å². The fraction of sp³-hybridized carbons (Fsp3) is 0. The van der Waals surface area contributed by atoms with E-state index in [0.717, 1.165) is 20.3 Å². The van der Waals surface area contributed by atoms with Crippen LogP contribution in [0.4, 0.5) is 0 Å². The van der Waals surface area contributed by atoms with Gasteiger partial charge in [0, 0.05) is 26.3 Å². The Labute approximate surface area is 134 Å². The molecule has 2 aromatic carbocycles. The standard InChI is InChI=1S/C16H10BrNO2S/c17-13-6-3-5-11-10(13)8-9-18-15(11)21-14-7-2-1-4-12(14)16(19)20/h1-9H,(H,19,20). The lowest BCUT2D eigenvalue weighted by Crippen LogP contribution is -1.98. The van der Waals surface area contributed by atoms with Crippen LogP contribution in [0.1, 0.15) is 10.4 Å². The lowest BCUT2D eigenvalue weighted by Gasteiger charge is -2.08. The second-order valence-corrected chi connectivity index (χ2v) is 6.24. The molecule has 0 spiro atoms. The molecule has 3 aromatic rings. The summed E-state index contributed by atoms with van der Waals surface area (Å²) in [5.41, 5.74) is 0.288. The predicted molar refractivity (Wildman–Crippen MR) is 87.0 cm³/mol. The molecular formula is C16H10BrNO2S. The first kappa shape index (κ1) is 14.1. The average Bonchev–Trinajstić information content (AvgIpc) is 2.49. The Morgan fingerprint density at radius 3 is 2.67 bits per heavy atom. The first-order chi connectivity index (χ1) is 10.2. The zero-order valence-corrected chi connectivity index (χ0v) is 13.2. The number of pyridine rings is 1. The van der Waals surface area contributed by atoms with Crippen LogP contribution in [0.15, 0.2) is 69.1 Å². The number of hydrogen-bond acceptors (Lipinski definition) is 3. The van der Waals surface area contributed by atoms with E-state index in [9.17, 15) is 9.90 Å². The largest absolute Gasteiger partial charge is 0.478 e. The quantitative estimate of drug-likeness (QED) is 0.726. The zero-order chi connectivity index (χ0) is 14.8. The van der Waals surface area contributed by atoms with Gasteiger partial charge >= 0.3 is 5.97 Å². The summed E-state index contributed by atoms with van der Waals surface area (Å²) in [5.74, 6) is -0.931. The average molecular weight is 360 g/mol. The Bertz CT molecular complexity index is 835. The number of rotatable bonds is 3. The maximum Gasteiger partial charge on any atom is 0.336 e. The van der Waals surface area contributed by atoms with E-state index >= 15 is 0 Å². The minimum absolute atomic E-state index is 0.288. The topological polar surface area (TPSA) is 50.2 Å². The highest BCUT2D eigenvalue weighted by Gasteiger charge is 2.13. The summed E-state index contributed by atoms with van der Waals surface area (Å²) in [7, 11) is 0. The van der Waals surface area contributed by atoms with E-state index in [0.29, 0.717) is 4.90 Å². The molecule has 0 saturated heterocycles. The summed E-state index contributed by atoms with van der Waals surface area (Å²) in [4.78, 5) is 16.4. The fourth-order valence-corrected chi connectivity index (χ4v) is 3.58. The van der Waals surface area contributed by atoms with Crippen LogP contribution in [0, 0.1) is 0 Å². The van der Waals surface area contributed by atoms with Crippen LogP contribution in [0.2, 0.25) is 0 Å². The number of fused-ring (bicyclic) bond motifs is 1. The van der Waals surface area contributed by atoms with Gasteiger partial charge in [0.1, 0.15) is 5.03 Å². The van der Waals surface area contributed by atoms with Crippen molar-refractivity contribution in [3.05, 3.63) is 64.8 Å². The first-order valence-electron chi connectivity index (χ1n) is 6.20. The molecule has 0 unspecified atom stereocenters. The minimum Gasteiger partial charge on any atom is -0.478 e. The van der Waals surface area contributed by atoms with Crippen molar-refractivity contribution in [2.75, 3.05) is 0 Å². The van der Waals surface area contributed by atoms with E-state index in [1.54, 1.807) is 24.4 Å². The Balaban J connectivity index is 2.11. The summed E-state index contributed by atoms with van der Waals surface area (Å²) in [6.45, 7) is 0. The van der Waals surface area contributed by atoms with Crippen molar-refractivity contribution >= 4 is 44.4 Å². The molecule has 1 heterocycles. The predicted octanol–water partition coefficient (Wildman–Crippen LogP) is 4.85. The Morgan fingerprint density at radius 1 is 1.05 bits per heavy atom. The van der Waals surface area contributed by atoms with Crippen molar-refractivity contribution in [1.82, 2.24) is 4.98 Å². The second kappa shape index (κ2) is 5.87. The van der Waals surface area contributed by atoms with Crippen LogP contribution in [0.5, 0.6) is 0 Å². The maximum atomic E-state index is 11.3. The Hall–Kier alpha value is -1.85. The summed E-state index contributed by atoms with van der Waals surface area (Å²) in [5, 5.41) is 12.1. The number of aromatic carboxylic acids is 1. The number of carbonyl (C=O) groups is 1. The summed E-state index contributed by atoms with van der Waals surface area (Å²) < 4.78 is 0.996. The minimum atomic E-state index is -0.931. The van der Waals surface area contributed by atoms with E-state index in [-0.39, 0.29) is 5.56 Å². The molecule has 0 amide bonds. The highest BCUT2D eigenvalue weighted by molar-refractivity contribution is 9.10. The second-order valence-electron chi connectivity index (χ2n) is 4.35. The van der Waals surface area contributed by atoms with Gasteiger partial charge in [0.25, 0.3) is 0 Å². The highest BCUT2D eigenvalue weighted by Crippen LogP contribution is 2.35. The highest BCUT2D eigenvalue weighted by atomic mass is 79.9. The van der Waals surface area contributed by atoms with E-state index < -0.39 is 5.97 Å². The molecule has 0 atom stereocenters. The van der Waals surface area contributed by atoms with E-state index in [2.05, 4.69) is 20.9 Å². The van der Waals surface area contributed by atoms with E-state index in [4.69, 9.17) is 0 Å². The van der Waals surface area contributed by atoms with E-state index in [1.165, 1.54) is 11.8 Å². The smallest absolute Gasteiger partial charge is 0.336 e. The van der Waals surface area contributed by atoms with Crippen LogP contribution in [0.3, 0.4) is 0 Å². The van der Waals surface area contributed by atoms with Crippen LogP contribution in [-0.4, -0.2) is 16.1 Å². The molecule has 0 fully saturated rings. The van der Waals surface area contributed by atoms with Gasteiger partial charge in [-0.05, 0) is 24.3 Å². The van der Waals surface area contributed by atoms with Crippen molar-refractivity contribution in [2.45, 2.75) is 9.92 Å². The van der Waals surface area contributed by atoms with Crippen LogP contribution in [-0.2, 0) is 0 Å². The number of nitrogens with zero attached hydrogens (tertiary/aromatic N) is 1. The summed E-state index contributed by atoms with van der Waals surface area (Å²) in [6.07, 6.45) is 1.73. The normalized spacial score (nSPS) is 10.7. The van der Waals surface area contributed by atoms with Crippen LogP contribution in [0.25, 0.3) is 10.8 Å². The molecule has 1 N–H and O–H groups in total. The van der Waals surface area contributed by atoms with Gasteiger partial charge in [-0.2, -0.15) is 0 Å². The molecule has 5 heteroatoms. The molecule has 1 aromatic heterocycles. The molecule has 0 radical (unpaired) electrons. The molecule has 0 aliphatic heterocycles. The molecule has 104 valence electrons. The zero-order valence-electron chi connectivity index (χ0n) is 10.8.